The van der Waals surface area contributed by atoms with E-state index in [1.54, 1.807) is 11.1 Å². The van der Waals surface area contributed by atoms with Crippen molar-refractivity contribution < 1.29 is 4.79 Å². The average molecular weight is 250 g/mol. The summed E-state index contributed by atoms with van der Waals surface area (Å²) in [5.74, 6) is 0.876. The van der Waals surface area contributed by atoms with Crippen molar-refractivity contribution >= 4 is 17.4 Å². The third-order valence-corrected chi connectivity index (χ3v) is 3.02. The minimum absolute atomic E-state index is 0.110. The van der Waals surface area contributed by atoms with Gasteiger partial charge in [0, 0.05) is 20.1 Å². The molecule has 1 amide bonds. The highest BCUT2D eigenvalue weighted by molar-refractivity contribution is 5.81. The van der Waals surface area contributed by atoms with Crippen LogP contribution >= 0.6 is 0 Å². The molecule has 1 heterocycles. The molecular weight excluding hydrogens is 228 g/mol. The molecule has 0 aliphatic carbocycles. The summed E-state index contributed by atoms with van der Waals surface area (Å²) < 4.78 is 0. The van der Waals surface area contributed by atoms with E-state index in [4.69, 9.17) is 5.73 Å². The molecule has 0 aliphatic rings. The lowest BCUT2D eigenvalue weighted by Crippen LogP contribution is -2.39. The first-order valence-electron chi connectivity index (χ1n) is 6.20. The van der Waals surface area contributed by atoms with Crippen LogP contribution in [-0.4, -0.2) is 42.5 Å². The number of carbonyl (C=O) groups is 1. The number of hydrogen-bond acceptors (Lipinski definition) is 4. The van der Waals surface area contributed by atoms with Crippen molar-refractivity contribution in [3.63, 3.8) is 0 Å². The Bertz CT molecular complexity index is 415. The van der Waals surface area contributed by atoms with Gasteiger partial charge in [0.05, 0.1) is 18.4 Å². The Labute approximate surface area is 109 Å². The third-order valence-electron chi connectivity index (χ3n) is 3.02. The number of aromatic nitrogens is 1. The third kappa shape index (κ3) is 3.35. The number of nitrogens with zero attached hydrogens (tertiary/aromatic N) is 3. The van der Waals surface area contributed by atoms with Crippen LogP contribution in [0.4, 0.5) is 11.5 Å². The van der Waals surface area contributed by atoms with Crippen LogP contribution in [0.5, 0.6) is 0 Å². The molecule has 100 valence electrons. The van der Waals surface area contributed by atoms with Crippen LogP contribution in [0.1, 0.15) is 19.4 Å². The molecule has 0 spiro atoms. The van der Waals surface area contributed by atoms with Crippen molar-refractivity contribution in [1.82, 2.24) is 9.88 Å². The fourth-order valence-corrected chi connectivity index (χ4v) is 1.72. The predicted molar refractivity (Wildman–Crippen MR) is 74.6 cm³/mol. The zero-order valence-electron chi connectivity index (χ0n) is 11.6. The summed E-state index contributed by atoms with van der Waals surface area (Å²) in [4.78, 5) is 19.9. The fraction of sp³-hybridized carbons (Fsp3) is 0.538. The molecule has 1 aromatic rings. The molecule has 1 rings (SSSR count). The minimum Gasteiger partial charge on any atom is -0.397 e. The number of nitrogen functional groups attached to an aromatic ring is 1. The lowest BCUT2D eigenvalue weighted by molar-refractivity contribution is -0.129. The van der Waals surface area contributed by atoms with Gasteiger partial charge in [0.1, 0.15) is 5.82 Å². The molecule has 0 radical (unpaired) electrons. The van der Waals surface area contributed by atoms with Gasteiger partial charge < -0.3 is 15.5 Å². The SMILES string of the molecule is CCN(CC)C(=O)CN(C)c1cc(C)c(N)cn1. The van der Waals surface area contributed by atoms with Crippen molar-refractivity contribution in [3.05, 3.63) is 17.8 Å². The van der Waals surface area contributed by atoms with Crippen molar-refractivity contribution in [2.45, 2.75) is 20.8 Å². The quantitative estimate of drug-likeness (QED) is 0.855. The van der Waals surface area contributed by atoms with Crippen molar-refractivity contribution in [1.29, 1.82) is 0 Å². The van der Waals surface area contributed by atoms with Crippen LogP contribution in [0.15, 0.2) is 12.3 Å². The molecule has 2 N–H and O–H groups in total. The summed E-state index contributed by atoms with van der Waals surface area (Å²) in [6, 6.07) is 1.89. The second-order valence-electron chi connectivity index (χ2n) is 4.32. The Morgan fingerprint density at radius 1 is 1.39 bits per heavy atom. The van der Waals surface area contributed by atoms with E-state index in [1.807, 2.05) is 38.8 Å². The first-order valence-corrected chi connectivity index (χ1v) is 6.20. The standard InChI is InChI=1S/C13H22N4O/c1-5-17(6-2)13(18)9-16(4)12-7-10(3)11(14)8-15-12/h7-8H,5-6,9,14H2,1-4H3. The highest BCUT2D eigenvalue weighted by Gasteiger charge is 2.13. The summed E-state index contributed by atoms with van der Waals surface area (Å²) in [5, 5.41) is 0. The summed E-state index contributed by atoms with van der Waals surface area (Å²) in [6.07, 6.45) is 1.63. The van der Waals surface area contributed by atoms with E-state index in [0.29, 0.717) is 12.2 Å². The van der Waals surface area contributed by atoms with Gasteiger partial charge in [-0.2, -0.15) is 0 Å². The lowest BCUT2D eigenvalue weighted by atomic mass is 10.2. The highest BCUT2D eigenvalue weighted by Crippen LogP contribution is 2.15. The summed E-state index contributed by atoms with van der Waals surface area (Å²) >= 11 is 0. The summed E-state index contributed by atoms with van der Waals surface area (Å²) in [7, 11) is 1.86. The number of amides is 1. The van der Waals surface area contributed by atoms with Crippen molar-refractivity contribution in [3.8, 4) is 0 Å². The monoisotopic (exact) mass is 250 g/mol. The van der Waals surface area contributed by atoms with Gasteiger partial charge in [0.2, 0.25) is 5.91 Å². The molecule has 0 saturated heterocycles. The molecule has 0 unspecified atom stereocenters. The van der Waals surface area contributed by atoms with Crippen LogP contribution in [0.25, 0.3) is 0 Å². The molecule has 1 aromatic heterocycles. The molecule has 0 aromatic carbocycles. The Kier molecular flexibility index (Phi) is 4.95. The van der Waals surface area contributed by atoms with Gasteiger partial charge in [-0.1, -0.05) is 0 Å². The second-order valence-corrected chi connectivity index (χ2v) is 4.32. The van der Waals surface area contributed by atoms with E-state index in [0.717, 1.165) is 24.5 Å². The fourth-order valence-electron chi connectivity index (χ4n) is 1.72. The van der Waals surface area contributed by atoms with E-state index < -0.39 is 0 Å². The van der Waals surface area contributed by atoms with E-state index in [-0.39, 0.29) is 5.91 Å². The molecular formula is C13H22N4O. The van der Waals surface area contributed by atoms with Crippen molar-refractivity contribution in [2.24, 2.45) is 0 Å². The van der Waals surface area contributed by atoms with Gasteiger partial charge in [0.15, 0.2) is 0 Å². The highest BCUT2D eigenvalue weighted by atomic mass is 16.2. The first kappa shape index (κ1) is 14.3. The molecule has 5 nitrogen and oxygen atoms in total. The van der Waals surface area contributed by atoms with Gasteiger partial charge in [0.25, 0.3) is 0 Å². The maximum atomic E-state index is 12.0. The molecule has 0 atom stereocenters. The number of nitrogens with two attached hydrogens (primary N) is 1. The van der Waals surface area contributed by atoms with E-state index in [9.17, 15) is 4.79 Å². The number of hydrogen-bond donors (Lipinski definition) is 1. The van der Waals surface area contributed by atoms with Gasteiger partial charge in [-0.05, 0) is 32.4 Å². The number of rotatable bonds is 5. The van der Waals surface area contributed by atoms with E-state index in [1.165, 1.54) is 0 Å². The number of aryl methyl sites for hydroxylation is 1. The molecule has 0 saturated carbocycles. The zero-order valence-corrected chi connectivity index (χ0v) is 11.6. The molecule has 5 heteroatoms. The Morgan fingerprint density at radius 3 is 2.50 bits per heavy atom. The Balaban J connectivity index is 2.73. The van der Waals surface area contributed by atoms with Crippen LogP contribution in [-0.2, 0) is 4.79 Å². The number of carbonyl (C=O) groups excluding carboxylic acids is 1. The summed E-state index contributed by atoms with van der Waals surface area (Å²) in [6.45, 7) is 7.69. The van der Waals surface area contributed by atoms with Gasteiger partial charge in [-0.25, -0.2) is 4.98 Å². The lowest BCUT2D eigenvalue weighted by Gasteiger charge is -2.24. The largest absolute Gasteiger partial charge is 0.397 e. The Morgan fingerprint density at radius 2 is 2.00 bits per heavy atom. The number of pyridine rings is 1. The maximum absolute atomic E-state index is 12.0. The number of anilines is 2. The molecule has 0 bridgehead atoms. The van der Waals surface area contributed by atoms with Crippen LogP contribution < -0.4 is 10.6 Å². The van der Waals surface area contributed by atoms with Crippen LogP contribution in [0.2, 0.25) is 0 Å². The minimum atomic E-state index is 0.110. The zero-order chi connectivity index (χ0) is 13.7. The Hall–Kier alpha value is -1.78. The predicted octanol–water partition coefficient (Wildman–Crippen LogP) is 1.28. The van der Waals surface area contributed by atoms with E-state index >= 15 is 0 Å². The van der Waals surface area contributed by atoms with Crippen molar-refractivity contribution in [2.75, 3.05) is 37.3 Å². The van der Waals surface area contributed by atoms with Crippen LogP contribution in [0.3, 0.4) is 0 Å². The smallest absolute Gasteiger partial charge is 0.242 e. The van der Waals surface area contributed by atoms with E-state index in [2.05, 4.69) is 4.98 Å². The number of likely N-dealkylation sites (N-methyl/N-ethyl adjacent to an activating group) is 2. The average Bonchev–Trinajstić information content (AvgIpc) is 2.34. The second kappa shape index (κ2) is 6.23. The molecule has 0 fully saturated rings. The van der Waals surface area contributed by atoms with Gasteiger partial charge in [-0.15, -0.1) is 0 Å². The molecule has 18 heavy (non-hydrogen) atoms. The maximum Gasteiger partial charge on any atom is 0.242 e. The van der Waals surface area contributed by atoms with Gasteiger partial charge in [-0.3, -0.25) is 4.79 Å². The summed E-state index contributed by atoms with van der Waals surface area (Å²) in [5.41, 5.74) is 7.37. The molecule has 0 aliphatic heterocycles. The van der Waals surface area contributed by atoms with Crippen LogP contribution in [0, 0.1) is 6.92 Å². The normalized spacial score (nSPS) is 10.2. The topological polar surface area (TPSA) is 62.5 Å². The van der Waals surface area contributed by atoms with Gasteiger partial charge >= 0.3 is 0 Å². The first-order chi connectivity index (χ1) is 8.49.